The van der Waals surface area contributed by atoms with Crippen LogP contribution in [0, 0.1) is 17.1 Å². The highest BCUT2D eigenvalue weighted by molar-refractivity contribution is 5.79. The quantitative estimate of drug-likeness (QED) is 0.415. The second-order valence-corrected chi connectivity index (χ2v) is 7.69. The summed E-state index contributed by atoms with van der Waals surface area (Å²) in [5.41, 5.74) is 4.63. The van der Waals surface area contributed by atoms with Gasteiger partial charge in [-0.3, -0.25) is 4.40 Å². The average molecular weight is 453 g/mol. The van der Waals surface area contributed by atoms with E-state index in [2.05, 4.69) is 42.0 Å². The third-order valence-corrected chi connectivity index (χ3v) is 5.77. The summed E-state index contributed by atoms with van der Waals surface area (Å²) in [7, 11) is 0. The average Bonchev–Trinajstić information content (AvgIpc) is 3.64. The monoisotopic (exact) mass is 453 g/mol. The summed E-state index contributed by atoms with van der Waals surface area (Å²) in [5.74, 6) is 1.36. The Morgan fingerprint density at radius 3 is 2.82 bits per heavy atom. The third-order valence-electron chi connectivity index (χ3n) is 5.77. The normalized spacial score (nSPS) is 12.4. The first-order valence-corrected chi connectivity index (χ1v) is 10.5. The van der Waals surface area contributed by atoms with E-state index < -0.39 is 0 Å². The zero-order chi connectivity index (χ0) is 23.1. The zero-order valence-electron chi connectivity index (χ0n) is 17.7. The Balaban J connectivity index is 1.36. The van der Waals surface area contributed by atoms with Gasteiger partial charge in [0.25, 0.3) is 0 Å². The number of hydrogen-bond acceptors (Lipinski definition) is 8. The highest BCUT2D eigenvalue weighted by Crippen LogP contribution is 2.31. The van der Waals surface area contributed by atoms with E-state index in [9.17, 15) is 9.65 Å². The van der Waals surface area contributed by atoms with Gasteiger partial charge in [-0.05, 0) is 22.9 Å². The van der Waals surface area contributed by atoms with Crippen LogP contribution in [0.5, 0.6) is 5.75 Å². The van der Waals surface area contributed by atoms with Crippen molar-refractivity contribution in [1.29, 1.82) is 5.26 Å². The molecule has 11 heteroatoms. The molecule has 0 bridgehead atoms. The molecule has 10 nitrogen and oxygen atoms in total. The van der Waals surface area contributed by atoms with Crippen LogP contribution in [0.3, 0.4) is 0 Å². The van der Waals surface area contributed by atoms with Crippen LogP contribution in [0.25, 0.3) is 28.2 Å². The summed E-state index contributed by atoms with van der Waals surface area (Å²) in [4.78, 5) is 9.01. The number of nitriles is 1. The van der Waals surface area contributed by atoms with Crippen molar-refractivity contribution in [3.8, 4) is 34.3 Å². The summed E-state index contributed by atoms with van der Waals surface area (Å²) in [6.45, 7) is 0.765. The highest BCUT2D eigenvalue weighted by Gasteiger charge is 2.20. The van der Waals surface area contributed by atoms with Gasteiger partial charge in [0.15, 0.2) is 11.3 Å². The van der Waals surface area contributed by atoms with Gasteiger partial charge in [0.05, 0.1) is 12.8 Å². The van der Waals surface area contributed by atoms with Crippen LogP contribution in [-0.2, 0) is 13.0 Å². The molecule has 0 fully saturated rings. The number of nitrogens with one attached hydrogen (secondary N) is 2. The van der Waals surface area contributed by atoms with Gasteiger partial charge < -0.3 is 10.1 Å². The van der Waals surface area contributed by atoms with Crippen molar-refractivity contribution >= 4 is 11.6 Å². The Kier molecular flexibility index (Phi) is 4.62. The summed E-state index contributed by atoms with van der Waals surface area (Å²) in [6, 6.07) is 12.7. The second-order valence-electron chi connectivity index (χ2n) is 7.69. The number of aromatic nitrogens is 7. The van der Waals surface area contributed by atoms with Crippen molar-refractivity contribution in [3.63, 3.8) is 0 Å². The minimum atomic E-state index is -0.297. The molecule has 1 aliphatic rings. The predicted molar refractivity (Wildman–Crippen MR) is 119 cm³/mol. The molecule has 0 saturated carbocycles. The fourth-order valence-corrected chi connectivity index (χ4v) is 4.12. The third kappa shape index (κ3) is 3.29. The number of anilines is 1. The van der Waals surface area contributed by atoms with Crippen molar-refractivity contribution in [1.82, 2.24) is 35.0 Å². The molecule has 1 aliphatic heterocycles. The number of nitrogens with zero attached hydrogens (tertiary/aromatic N) is 7. The molecule has 3 aromatic heterocycles. The van der Waals surface area contributed by atoms with Crippen LogP contribution in [-0.4, -0.2) is 41.6 Å². The highest BCUT2D eigenvalue weighted by atomic mass is 19.1. The lowest BCUT2D eigenvalue weighted by atomic mass is 10.0. The molecule has 166 valence electrons. The lowest BCUT2D eigenvalue weighted by Gasteiger charge is -2.13. The molecule has 34 heavy (non-hydrogen) atoms. The smallest absolute Gasteiger partial charge is 0.208 e. The van der Waals surface area contributed by atoms with Crippen molar-refractivity contribution in [3.05, 3.63) is 71.4 Å². The number of ether oxygens (including phenoxy) is 1. The number of fused-ring (bicyclic) bond motifs is 2. The molecule has 0 atom stereocenters. The Morgan fingerprint density at radius 2 is 2.03 bits per heavy atom. The molecular formula is C23H16FN9O. The van der Waals surface area contributed by atoms with Crippen LogP contribution >= 0.6 is 0 Å². The van der Waals surface area contributed by atoms with Crippen molar-refractivity contribution < 1.29 is 9.13 Å². The van der Waals surface area contributed by atoms with Gasteiger partial charge in [0.2, 0.25) is 11.8 Å². The maximum Gasteiger partial charge on any atom is 0.208 e. The lowest BCUT2D eigenvalue weighted by molar-refractivity contribution is 0.356. The van der Waals surface area contributed by atoms with Gasteiger partial charge in [0.1, 0.15) is 17.6 Å². The fourth-order valence-electron chi connectivity index (χ4n) is 4.12. The number of imidazole rings is 1. The van der Waals surface area contributed by atoms with Crippen LogP contribution in [0.15, 0.2) is 48.8 Å². The summed E-state index contributed by atoms with van der Waals surface area (Å²) >= 11 is 0. The topological polar surface area (TPSA) is 130 Å². The van der Waals surface area contributed by atoms with E-state index >= 15 is 0 Å². The lowest BCUT2D eigenvalue weighted by Crippen LogP contribution is -2.09. The van der Waals surface area contributed by atoms with Crippen molar-refractivity contribution in [2.75, 3.05) is 11.9 Å². The number of aromatic amines is 1. The maximum atomic E-state index is 14.5. The van der Waals surface area contributed by atoms with Crippen molar-refractivity contribution in [2.45, 2.75) is 13.0 Å². The standard InChI is InChI=1S/C23H16FN9O/c24-19-5-6-20-16(7-8-34-20)18(19)11-27-23-26-10-17(22-28-15(9-25)12-33(22)23)13-1-3-14(4-2-13)21-29-31-32-30-21/h1-6,10,12H,7-8,11H2,(H,26,27)(H,29,30,31,32). The molecule has 2 N–H and O–H groups in total. The molecule has 6 rings (SSSR count). The first-order valence-electron chi connectivity index (χ1n) is 10.5. The zero-order valence-corrected chi connectivity index (χ0v) is 17.7. The number of benzene rings is 2. The van der Waals surface area contributed by atoms with E-state index in [4.69, 9.17) is 4.74 Å². The summed E-state index contributed by atoms with van der Waals surface area (Å²) < 4.78 is 21.8. The van der Waals surface area contributed by atoms with E-state index in [0.717, 1.165) is 22.3 Å². The van der Waals surface area contributed by atoms with E-state index in [1.165, 1.54) is 6.07 Å². The molecule has 2 aromatic carbocycles. The Labute approximate surface area is 192 Å². The van der Waals surface area contributed by atoms with Gasteiger partial charge in [0, 0.05) is 41.4 Å². The van der Waals surface area contributed by atoms with Gasteiger partial charge in [-0.2, -0.15) is 10.5 Å². The largest absolute Gasteiger partial charge is 0.493 e. The minimum Gasteiger partial charge on any atom is -0.493 e. The summed E-state index contributed by atoms with van der Waals surface area (Å²) in [6.07, 6.45) is 3.95. The fraction of sp³-hybridized carbons (Fsp3) is 0.130. The predicted octanol–water partition coefficient (Wildman–Crippen LogP) is 3.13. The molecule has 5 aromatic rings. The number of hydrogen-bond donors (Lipinski definition) is 2. The van der Waals surface area contributed by atoms with Crippen LogP contribution in [0.4, 0.5) is 10.3 Å². The van der Waals surface area contributed by atoms with E-state index in [-0.39, 0.29) is 18.1 Å². The molecule has 0 amide bonds. The van der Waals surface area contributed by atoms with Gasteiger partial charge in [-0.15, -0.1) is 10.2 Å². The van der Waals surface area contributed by atoms with Crippen LogP contribution in [0.2, 0.25) is 0 Å². The van der Waals surface area contributed by atoms with Crippen LogP contribution < -0.4 is 10.1 Å². The molecule has 0 saturated heterocycles. The van der Waals surface area contributed by atoms with Crippen molar-refractivity contribution in [2.24, 2.45) is 0 Å². The van der Waals surface area contributed by atoms with Gasteiger partial charge in [-0.25, -0.2) is 14.4 Å². The molecule has 4 heterocycles. The maximum absolute atomic E-state index is 14.5. The van der Waals surface area contributed by atoms with Gasteiger partial charge in [-0.1, -0.05) is 24.3 Å². The Bertz CT molecular complexity index is 1550. The SMILES string of the molecule is N#Cc1cn2c(NCc3c(F)ccc4c3CCO4)ncc(-c3ccc(-c4nn[nH]n4)cc3)c2n1. The van der Waals surface area contributed by atoms with E-state index in [0.29, 0.717) is 41.8 Å². The van der Waals surface area contributed by atoms with Gasteiger partial charge >= 0.3 is 0 Å². The first kappa shape index (κ1) is 19.8. The summed E-state index contributed by atoms with van der Waals surface area (Å²) in [5, 5.41) is 26.6. The Morgan fingerprint density at radius 1 is 1.18 bits per heavy atom. The Hall–Kier alpha value is -4.85. The number of rotatable bonds is 5. The molecular weight excluding hydrogens is 437 g/mol. The molecule has 0 unspecified atom stereocenters. The number of tetrazole rings is 1. The minimum absolute atomic E-state index is 0.222. The van der Waals surface area contributed by atoms with E-state index in [1.54, 1.807) is 22.9 Å². The number of H-pyrrole nitrogens is 1. The molecule has 0 spiro atoms. The van der Waals surface area contributed by atoms with E-state index in [1.807, 2.05) is 24.3 Å². The molecule has 0 radical (unpaired) electrons. The second kappa shape index (κ2) is 7.93. The molecule has 0 aliphatic carbocycles. The number of halogens is 1. The first-order chi connectivity index (χ1) is 16.7. The van der Waals surface area contributed by atoms with Crippen LogP contribution in [0.1, 0.15) is 16.8 Å².